The number of carboxylic acid groups (broad SMARTS) is 1. The molecule has 1 unspecified atom stereocenters. The Morgan fingerprint density at radius 2 is 2.31 bits per heavy atom. The van der Waals surface area contributed by atoms with Crippen molar-refractivity contribution in [3.63, 3.8) is 0 Å². The van der Waals surface area contributed by atoms with Crippen molar-refractivity contribution >= 4 is 5.97 Å². The molecule has 0 bridgehead atoms. The highest BCUT2D eigenvalue weighted by molar-refractivity contribution is 5.77. The SMILES string of the molecule is CC#CCC(F)(CC1CC1)C(=O)O. The Balaban J connectivity index is 2.58. The molecule has 0 radical (unpaired) electrons. The van der Waals surface area contributed by atoms with Gasteiger partial charge < -0.3 is 5.11 Å². The minimum absolute atomic E-state index is 0.122. The van der Waals surface area contributed by atoms with Gasteiger partial charge in [0.15, 0.2) is 0 Å². The zero-order valence-corrected chi connectivity index (χ0v) is 7.64. The van der Waals surface area contributed by atoms with E-state index >= 15 is 0 Å². The van der Waals surface area contributed by atoms with Crippen molar-refractivity contribution in [1.29, 1.82) is 0 Å². The maximum atomic E-state index is 13.7. The third kappa shape index (κ3) is 2.73. The van der Waals surface area contributed by atoms with Crippen LogP contribution in [0.25, 0.3) is 0 Å². The number of aliphatic carboxylic acids is 1. The standard InChI is InChI=1S/C10H13FO2/c1-2-3-6-10(11,9(12)13)7-8-4-5-8/h8H,4-7H2,1H3,(H,12,13). The molecule has 1 atom stereocenters. The first kappa shape index (κ1) is 10.0. The van der Waals surface area contributed by atoms with E-state index in [4.69, 9.17) is 5.11 Å². The minimum atomic E-state index is -2.12. The smallest absolute Gasteiger partial charge is 0.342 e. The molecule has 1 aliphatic carbocycles. The Hall–Kier alpha value is -1.04. The van der Waals surface area contributed by atoms with Crippen molar-refractivity contribution in [3.8, 4) is 11.8 Å². The molecule has 1 N–H and O–H groups in total. The molecule has 0 saturated heterocycles. The lowest BCUT2D eigenvalue weighted by atomic mass is 9.95. The molecule has 0 aliphatic heterocycles. The maximum Gasteiger partial charge on any atom is 0.342 e. The van der Waals surface area contributed by atoms with Gasteiger partial charge in [-0.3, -0.25) is 0 Å². The van der Waals surface area contributed by atoms with Crippen molar-refractivity contribution in [3.05, 3.63) is 0 Å². The van der Waals surface area contributed by atoms with E-state index in [-0.39, 0.29) is 18.8 Å². The minimum Gasteiger partial charge on any atom is -0.479 e. The van der Waals surface area contributed by atoms with Crippen LogP contribution in [0, 0.1) is 17.8 Å². The molecule has 0 heterocycles. The summed E-state index contributed by atoms with van der Waals surface area (Å²) >= 11 is 0. The Morgan fingerprint density at radius 3 is 2.69 bits per heavy atom. The van der Waals surface area contributed by atoms with Crippen LogP contribution in [0.4, 0.5) is 4.39 Å². The molecule has 1 aliphatic rings. The number of rotatable bonds is 4. The fourth-order valence-electron chi connectivity index (χ4n) is 1.24. The number of halogens is 1. The molecule has 2 nitrogen and oxygen atoms in total. The third-order valence-corrected chi connectivity index (χ3v) is 2.24. The van der Waals surface area contributed by atoms with Crippen molar-refractivity contribution in [2.24, 2.45) is 5.92 Å². The van der Waals surface area contributed by atoms with Crippen LogP contribution in [0.3, 0.4) is 0 Å². The molecule has 1 saturated carbocycles. The molecule has 1 rings (SSSR count). The summed E-state index contributed by atoms with van der Waals surface area (Å²) in [4.78, 5) is 10.6. The van der Waals surface area contributed by atoms with Gasteiger partial charge in [0, 0.05) is 0 Å². The first-order valence-electron chi connectivity index (χ1n) is 4.40. The highest BCUT2D eigenvalue weighted by Gasteiger charge is 2.43. The van der Waals surface area contributed by atoms with Gasteiger partial charge in [-0.25, -0.2) is 9.18 Å². The average molecular weight is 184 g/mol. The van der Waals surface area contributed by atoms with Crippen molar-refractivity contribution < 1.29 is 14.3 Å². The predicted molar refractivity (Wildman–Crippen MR) is 46.9 cm³/mol. The number of hydrogen-bond acceptors (Lipinski definition) is 1. The highest BCUT2D eigenvalue weighted by atomic mass is 19.1. The van der Waals surface area contributed by atoms with E-state index in [1.165, 1.54) is 0 Å². The molecule has 1 fully saturated rings. The predicted octanol–water partition coefficient (Wildman–Crippen LogP) is 1.99. The molecular weight excluding hydrogens is 171 g/mol. The molecule has 3 heteroatoms. The van der Waals surface area contributed by atoms with Crippen LogP contribution in [0.15, 0.2) is 0 Å². The van der Waals surface area contributed by atoms with Crippen LogP contribution in [0.2, 0.25) is 0 Å². The van der Waals surface area contributed by atoms with Crippen molar-refractivity contribution in [2.75, 3.05) is 0 Å². The summed E-state index contributed by atoms with van der Waals surface area (Å²) in [7, 11) is 0. The Bertz CT molecular complexity index is 260. The lowest BCUT2D eigenvalue weighted by Crippen LogP contribution is -2.33. The van der Waals surface area contributed by atoms with E-state index in [1.54, 1.807) is 6.92 Å². The van der Waals surface area contributed by atoms with E-state index in [9.17, 15) is 9.18 Å². The molecule has 0 aromatic carbocycles. The van der Waals surface area contributed by atoms with Gasteiger partial charge in [0.1, 0.15) is 0 Å². The molecule has 13 heavy (non-hydrogen) atoms. The second kappa shape index (κ2) is 3.78. The first-order chi connectivity index (χ1) is 6.08. The fraction of sp³-hybridized carbons (Fsp3) is 0.700. The number of alkyl halides is 1. The van der Waals surface area contributed by atoms with Crippen molar-refractivity contribution in [1.82, 2.24) is 0 Å². The van der Waals surface area contributed by atoms with Crippen LogP contribution >= 0.6 is 0 Å². The summed E-state index contributed by atoms with van der Waals surface area (Å²) in [5, 5.41) is 8.69. The quantitative estimate of drug-likeness (QED) is 0.678. The second-order valence-electron chi connectivity index (χ2n) is 3.52. The largest absolute Gasteiger partial charge is 0.479 e. The third-order valence-electron chi connectivity index (χ3n) is 2.24. The highest BCUT2D eigenvalue weighted by Crippen LogP contribution is 2.39. The van der Waals surface area contributed by atoms with E-state index < -0.39 is 11.6 Å². The Labute approximate surface area is 77.1 Å². The zero-order chi connectivity index (χ0) is 9.90. The number of carbonyl (C=O) groups is 1. The van der Waals surface area contributed by atoms with Crippen LogP contribution in [-0.2, 0) is 4.79 Å². The lowest BCUT2D eigenvalue weighted by molar-refractivity contribution is -0.151. The van der Waals surface area contributed by atoms with Crippen LogP contribution < -0.4 is 0 Å². The topological polar surface area (TPSA) is 37.3 Å². The summed E-state index contributed by atoms with van der Waals surface area (Å²) in [5.74, 6) is 3.91. The van der Waals surface area contributed by atoms with E-state index in [1.807, 2.05) is 0 Å². The van der Waals surface area contributed by atoms with Gasteiger partial charge in [-0.2, -0.15) is 0 Å². The van der Waals surface area contributed by atoms with Gasteiger partial charge in [0.05, 0.1) is 6.42 Å². The number of carboxylic acids is 1. The molecule has 0 aromatic heterocycles. The Morgan fingerprint density at radius 1 is 1.69 bits per heavy atom. The molecule has 0 spiro atoms. The van der Waals surface area contributed by atoms with E-state index in [0.717, 1.165) is 12.8 Å². The van der Waals surface area contributed by atoms with Gasteiger partial charge >= 0.3 is 5.97 Å². The summed E-state index contributed by atoms with van der Waals surface area (Å²) in [6, 6.07) is 0. The first-order valence-corrected chi connectivity index (χ1v) is 4.40. The Kier molecular flexibility index (Phi) is 2.92. The van der Waals surface area contributed by atoms with E-state index in [2.05, 4.69) is 11.8 Å². The maximum absolute atomic E-state index is 13.7. The van der Waals surface area contributed by atoms with Gasteiger partial charge in [0.25, 0.3) is 0 Å². The monoisotopic (exact) mass is 184 g/mol. The zero-order valence-electron chi connectivity index (χ0n) is 7.64. The van der Waals surface area contributed by atoms with E-state index in [0.29, 0.717) is 0 Å². The van der Waals surface area contributed by atoms with Gasteiger partial charge in [-0.1, -0.05) is 18.8 Å². The molecule has 72 valence electrons. The van der Waals surface area contributed by atoms with Gasteiger partial charge in [-0.05, 0) is 19.3 Å². The summed E-state index contributed by atoms with van der Waals surface area (Å²) in [6.45, 7) is 1.58. The lowest BCUT2D eigenvalue weighted by Gasteiger charge is -2.17. The normalized spacial score (nSPS) is 19.8. The van der Waals surface area contributed by atoms with Crippen LogP contribution in [0.1, 0.15) is 32.6 Å². The summed E-state index contributed by atoms with van der Waals surface area (Å²) < 4.78 is 13.7. The molecule has 0 aromatic rings. The molecular formula is C10H13FO2. The summed E-state index contributed by atoms with van der Waals surface area (Å²) in [6.07, 6.45) is 1.85. The summed E-state index contributed by atoms with van der Waals surface area (Å²) in [5.41, 5.74) is -2.12. The molecule has 0 amide bonds. The number of hydrogen-bond donors (Lipinski definition) is 1. The van der Waals surface area contributed by atoms with Crippen LogP contribution in [0.5, 0.6) is 0 Å². The van der Waals surface area contributed by atoms with Crippen molar-refractivity contribution in [2.45, 2.75) is 38.3 Å². The van der Waals surface area contributed by atoms with Gasteiger partial charge in [0.2, 0.25) is 5.67 Å². The second-order valence-corrected chi connectivity index (χ2v) is 3.52. The van der Waals surface area contributed by atoms with Gasteiger partial charge in [-0.15, -0.1) is 5.92 Å². The average Bonchev–Trinajstić information content (AvgIpc) is 2.84. The fourth-order valence-corrected chi connectivity index (χ4v) is 1.24. The van der Waals surface area contributed by atoms with Crippen LogP contribution in [-0.4, -0.2) is 16.7 Å².